The number of carbonyl (C=O) groups is 2. The standard InChI is InChI=1S/C19H22F4N4O2/c20-15-9-14(19(21,22)23)2-1-13(15)10-25-5-7-26(8-6-25)17(29)27-11-18(12-27)4-3-16(28)24-18/h1-2,9H,3-8,10-12H2,(H,24,28). The van der Waals surface area contributed by atoms with Gasteiger partial charge in [-0.1, -0.05) is 6.07 Å². The molecule has 0 aliphatic carbocycles. The van der Waals surface area contributed by atoms with Crippen molar-refractivity contribution in [2.75, 3.05) is 39.3 Å². The Labute approximate surface area is 165 Å². The molecule has 0 unspecified atom stereocenters. The minimum absolute atomic E-state index is 0.0289. The second kappa shape index (κ2) is 7.16. The molecule has 4 rings (SSSR count). The summed E-state index contributed by atoms with van der Waals surface area (Å²) in [6, 6.07) is 2.51. The normalized spacial score (nSPS) is 22.0. The number of halogens is 4. The molecule has 1 N–H and O–H groups in total. The molecular formula is C19H22F4N4O2. The van der Waals surface area contributed by atoms with Crippen molar-refractivity contribution in [3.63, 3.8) is 0 Å². The fourth-order valence-corrected chi connectivity index (χ4v) is 4.22. The number of hydrogen-bond donors (Lipinski definition) is 1. The number of nitrogens with zero attached hydrogens (tertiary/aromatic N) is 3. The maximum Gasteiger partial charge on any atom is 0.416 e. The van der Waals surface area contributed by atoms with Gasteiger partial charge in [-0.05, 0) is 18.6 Å². The van der Waals surface area contributed by atoms with E-state index in [4.69, 9.17) is 0 Å². The molecule has 0 bridgehead atoms. The van der Waals surface area contributed by atoms with Gasteiger partial charge in [-0.15, -0.1) is 0 Å². The summed E-state index contributed by atoms with van der Waals surface area (Å²) >= 11 is 0. The van der Waals surface area contributed by atoms with E-state index in [1.54, 1.807) is 9.80 Å². The summed E-state index contributed by atoms with van der Waals surface area (Å²) in [5, 5.41) is 2.94. The van der Waals surface area contributed by atoms with Gasteiger partial charge in [0.15, 0.2) is 0 Å². The molecule has 3 aliphatic heterocycles. The largest absolute Gasteiger partial charge is 0.416 e. The monoisotopic (exact) mass is 414 g/mol. The van der Waals surface area contributed by atoms with Crippen LogP contribution in [0, 0.1) is 5.82 Å². The molecule has 0 saturated carbocycles. The van der Waals surface area contributed by atoms with E-state index >= 15 is 0 Å². The van der Waals surface area contributed by atoms with Gasteiger partial charge in [-0.25, -0.2) is 9.18 Å². The lowest BCUT2D eigenvalue weighted by molar-refractivity contribution is -0.137. The molecular weight excluding hydrogens is 392 g/mol. The van der Waals surface area contributed by atoms with Crippen molar-refractivity contribution in [2.24, 2.45) is 0 Å². The zero-order valence-corrected chi connectivity index (χ0v) is 15.8. The van der Waals surface area contributed by atoms with Crippen LogP contribution in [-0.2, 0) is 17.5 Å². The average molecular weight is 414 g/mol. The van der Waals surface area contributed by atoms with E-state index < -0.39 is 17.6 Å². The van der Waals surface area contributed by atoms with Crippen LogP contribution in [0.15, 0.2) is 18.2 Å². The molecule has 3 aliphatic rings. The summed E-state index contributed by atoms with van der Waals surface area (Å²) in [5.74, 6) is -0.843. The van der Waals surface area contributed by atoms with Crippen molar-refractivity contribution < 1.29 is 27.2 Å². The van der Waals surface area contributed by atoms with E-state index in [0.717, 1.165) is 12.5 Å². The Hall–Kier alpha value is -2.36. The topological polar surface area (TPSA) is 55.9 Å². The second-order valence-electron chi connectivity index (χ2n) is 8.03. The number of nitrogens with one attached hydrogen (secondary N) is 1. The second-order valence-corrected chi connectivity index (χ2v) is 8.03. The Bertz CT molecular complexity index is 815. The van der Waals surface area contributed by atoms with Gasteiger partial charge in [0, 0.05) is 57.8 Å². The van der Waals surface area contributed by atoms with Crippen molar-refractivity contribution in [3.05, 3.63) is 35.1 Å². The van der Waals surface area contributed by atoms with Crippen molar-refractivity contribution >= 4 is 11.9 Å². The molecule has 3 heterocycles. The van der Waals surface area contributed by atoms with Crippen LogP contribution >= 0.6 is 0 Å². The highest BCUT2D eigenvalue weighted by Crippen LogP contribution is 2.32. The van der Waals surface area contributed by atoms with Crippen molar-refractivity contribution in [2.45, 2.75) is 31.1 Å². The summed E-state index contributed by atoms with van der Waals surface area (Å²) in [6.45, 7) is 3.21. The summed E-state index contributed by atoms with van der Waals surface area (Å²) in [6.07, 6.45) is -3.31. The lowest BCUT2D eigenvalue weighted by Gasteiger charge is -2.49. The lowest BCUT2D eigenvalue weighted by Crippen LogP contribution is -2.70. The van der Waals surface area contributed by atoms with Crippen LogP contribution in [0.2, 0.25) is 0 Å². The van der Waals surface area contributed by atoms with Crippen molar-refractivity contribution in [3.8, 4) is 0 Å². The first-order chi connectivity index (χ1) is 13.7. The Kier molecular flexibility index (Phi) is 4.92. The van der Waals surface area contributed by atoms with Gasteiger partial charge in [-0.3, -0.25) is 9.69 Å². The zero-order chi connectivity index (χ0) is 20.8. The highest BCUT2D eigenvalue weighted by atomic mass is 19.4. The van der Waals surface area contributed by atoms with Crippen LogP contribution in [0.3, 0.4) is 0 Å². The molecule has 1 aromatic rings. The van der Waals surface area contributed by atoms with Gasteiger partial charge in [0.05, 0.1) is 11.1 Å². The Morgan fingerprint density at radius 2 is 1.79 bits per heavy atom. The molecule has 10 heteroatoms. The van der Waals surface area contributed by atoms with Gasteiger partial charge in [0.25, 0.3) is 0 Å². The number of alkyl halides is 3. The van der Waals surface area contributed by atoms with E-state index in [2.05, 4.69) is 5.32 Å². The number of hydrogen-bond acceptors (Lipinski definition) is 3. The van der Waals surface area contributed by atoms with E-state index in [0.29, 0.717) is 51.8 Å². The molecule has 1 aromatic carbocycles. The van der Waals surface area contributed by atoms with Gasteiger partial charge >= 0.3 is 12.2 Å². The van der Waals surface area contributed by atoms with Crippen LogP contribution in [0.5, 0.6) is 0 Å². The Morgan fingerprint density at radius 3 is 2.34 bits per heavy atom. The van der Waals surface area contributed by atoms with Gasteiger partial charge in [-0.2, -0.15) is 13.2 Å². The molecule has 3 amide bonds. The maximum absolute atomic E-state index is 14.0. The maximum atomic E-state index is 14.0. The highest BCUT2D eigenvalue weighted by molar-refractivity contribution is 5.82. The summed E-state index contributed by atoms with van der Waals surface area (Å²) in [7, 11) is 0. The number of likely N-dealkylation sites (tertiary alicyclic amines) is 1. The molecule has 29 heavy (non-hydrogen) atoms. The Morgan fingerprint density at radius 1 is 1.10 bits per heavy atom. The first-order valence-electron chi connectivity index (χ1n) is 9.58. The van der Waals surface area contributed by atoms with E-state index in [1.165, 1.54) is 6.07 Å². The van der Waals surface area contributed by atoms with Crippen LogP contribution in [0.1, 0.15) is 24.0 Å². The van der Waals surface area contributed by atoms with Gasteiger partial charge < -0.3 is 15.1 Å². The molecule has 0 radical (unpaired) electrons. The molecule has 0 atom stereocenters. The van der Waals surface area contributed by atoms with Crippen LogP contribution < -0.4 is 5.32 Å². The lowest BCUT2D eigenvalue weighted by atomic mass is 9.88. The Balaban J connectivity index is 1.27. The van der Waals surface area contributed by atoms with Crippen molar-refractivity contribution in [1.29, 1.82) is 0 Å². The smallest absolute Gasteiger partial charge is 0.347 e. The molecule has 158 valence electrons. The van der Waals surface area contributed by atoms with E-state index in [-0.39, 0.29) is 29.6 Å². The van der Waals surface area contributed by atoms with Crippen molar-refractivity contribution in [1.82, 2.24) is 20.0 Å². The summed E-state index contributed by atoms with van der Waals surface area (Å²) in [4.78, 5) is 29.4. The van der Waals surface area contributed by atoms with Gasteiger partial charge in [0.1, 0.15) is 5.82 Å². The van der Waals surface area contributed by atoms with Crippen LogP contribution in [0.25, 0.3) is 0 Å². The fourth-order valence-electron chi connectivity index (χ4n) is 4.22. The minimum Gasteiger partial charge on any atom is -0.347 e. The third-order valence-corrected chi connectivity index (χ3v) is 5.91. The third-order valence-electron chi connectivity index (χ3n) is 5.91. The first kappa shape index (κ1) is 19.9. The number of carbonyl (C=O) groups excluding carboxylic acids is 2. The predicted molar refractivity (Wildman–Crippen MR) is 95.3 cm³/mol. The van der Waals surface area contributed by atoms with E-state index in [9.17, 15) is 27.2 Å². The molecule has 3 saturated heterocycles. The number of urea groups is 1. The SMILES string of the molecule is O=C1CCC2(CN(C(=O)N3CCN(Cc4ccc(C(F)(F)F)cc4F)CC3)C2)N1. The molecule has 1 spiro atoms. The number of rotatable bonds is 2. The predicted octanol–water partition coefficient (Wildman–Crippen LogP) is 2.05. The number of benzene rings is 1. The molecule has 3 fully saturated rings. The first-order valence-corrected chi connectivity index (χ1v) is 9.58. The quantitative estimate of drug-likeness (QED) is 0.754. The van der Waals surface area contributed by atoms with E-state index in [1.807, 2.05) is 4.90 Å². The summed E-state index contributed by atoms with van der Waals surface area (Å²) in [5.41, 5.74) is -1.05. The third kappa shape index (κ3) is 4.03. The minimum atomic E-state index is -4.57. The highest BCUT2D eigenvalue weighted by Gasteiger charge is 2.50. The molecule has 6 nitrogen and oxygen atoms in total. The average Bonchev–Trinajstić information content (AvgIpc) is 3.03. The van der Waals surface area contributed by atoms with Crippen LogP contribution in [0.4, 0.5) is 22.4 Å². The number of amides is 3. The fraction of sp³-hybridized carbons (Fsp3) is 0.579. The van der Waals surface area contributed by atoms with Crippen LogP contribution in [-0.4, -0.2) is 71.4 Å². The number of piperazine rings is 1. The molecule has 0 aromatic heterocycles. The zero-order valence-electron chi connectivity index (χ0n) is 15.8. The summed E-state index contributed by atoms with van der Waals surface area (Å²) < 4.78 is 52.0. The van der Waals surface area contributed by atoms with Gasteiger partial charge in [0.2, 0.25) is 5.91 Å².